The Morgan fingerprint density at radius 3 is 2.86 bits per heavy atom. The minimum Gasteiger partial charge on any atom is -0.493 e. The summed E-state index contributed by atoms with van der Waals surface area (Å²) in [5.74, 6) is 2.95. The summed E-state index contributed by atoms with van der Waals surface area (Å²) < 4.78 is 11.8. The molecule has 3 aliphatic rings. The number of benzene rings is 1. The molecule has 2 heterocycles. The molecule has 0 bridgehead atoms. The van der Waals surface area contributed by atoms with Crippen LogP contribution < -0.4 is 20.3 Å². The smallest absolute Gasteiger partial charge is 0.163 e. The molecule has 1 saturated carbocycles. The normalized spacial score (nSPS) is 23.8. The van der Waals surface area contributed by atoms with Crippen molar-refractivity contribution < 1.29 is 14.3 Å². The van der Waals surface area contributed by atoms with Crippen molar-refractivity contribution in [3.05, 3.63) is 23.4 Å². The molecule has 1 aromatic carbocycles. The summed E-state index contributed by atoms with van der Waals surface area (Å²) in [5, 5.41) is 4.90. The van der Waals surface area contributed by atoms with Gasteiger partial charge in [-0.3, -0.25) is 9.82 Å². The molecular weight excluding hydrogens is 366 g/mol. The summed E-state index contributed by atoms with van der Waals surface area (Å²) in [6.45, 7) is 4.76. The highest BCUT2D eigenvalue weighted by Crippen LogP contribution is 2.41. The van der Waals surface area contributed by atoms with Gasteiger partial charge in [0.25, 0.3) is 0 Å². The fourth-order valence-corrected chi connectivity index (χ4v) is 4.48. The second kappa shape index (κ2) is 8.00. The minimum atomic E-state index is 0.0637. The van der Waals surface area contributed by atoms with Crippen LogP contribution in [0.4, 0.5) is 5.69 Å². The highest BCUT2D eigenvalue weighted by Gasteiger charge is 2.27. The van der Waals surface area contributed by atoms with E-state index in [-0.39, 0.29) is 6.10 Å². The first-order chi connectivity index (χ1) is 14.2. The molecule has 1 aliphatic heterocycles. The lowest BCUT2D eigenvalue weighted by Crippen LogP contribution is -2.34. The molecule has 0 radical (unpaired) electrons. The number of nitrogens with zero attached hydrogens (tertiary/aromatic N) is 1. The number of nitrogens with one attached hydrogen (secondary N) is 2. The van der Waals surface area contributed by atoms with E-state index in [2.05, 4.69) is 23.8 Å². The topological polar surface area (TPSA) is 64.6 Å². The number of methoxy groups -OCH3 is 1. The van der Waals surface area contributed by atoms with Crippen LogP contribution in [0.15, 0.2) is 12.1 Å². The van der Waals surface area contributed by atoms with Crippen molar-refractivity contribution in [3.63, 3.8) is 0 Å². The summed E-state index contributed by atoms with van der Waals surface area (Å²) >= 11 is 0. The summed E-state index contributed by atoms with van der Waals surface area (Å²) in [4.78, 5) is 10.6. The van der Waals surface area contributed by atoms with E-state index in [1.165, 1.54) is 29.8 Å². The Hall–Kier alpha value is -2.05. The third-order valence-electron chi connectivity index (χ3n) is 6.30. The summed E-state index contributed by atoms with van der Waals surface area (Å²) in [6.07, 6.45) is 6.99. The molecule has 5 rings (SSSR count). The predicted octanol–water partition coefficient (Wildman–Crippen LogP) is 3.86. The molecule has 2 aromatic rings. The van der Waals surface area contributed by atoms with Gasteiger partial charge in [-0.2, -0.15) is 0 Å². The van der Waals surface area contributed by atoms with Crippen molar-refractivity contribution >= 4 is 16.6 Å². The van der Waals surface area contributed by atoms with Gasteiger partial charge in [-0.15, -0.1) is 0 Å². The van der Waals surface area contributed by atoms with Gasteiger partial charge in [0.2, 0.25) is 0 Å². The summed E-state index contributed by atoms with van der Waals surface area (Å²) in [6, 6.07) is 4.13. The molecule has 6 nitrogen and oxygen atoms in total. The highest BCUT2D eigenvalue weighted by molar-refractivity contribution is 5.96. The van der Waals surface area contributed by atoms with Gasteiger partial charge < -0.3 is 14.8 Å². The zero-order chi connectivity index (χ0) is 19.8. The quantitative estimate of drug-likeness (QED) is 0.740. The lowest BCUT2D eigenvalue weighted by atomic mass is 10.0. The maximum Gasteiger partial charge on any atom is 0.163 e. The molecule has 1 aromatic heterocycles. The summed E-state index contributed by atoms with van der Waals surface area (Å²) in [5.41, 5.74) is 7.83. The number of anilines is 1. The van der Waals surface area contributed by atoms with Crippen LogP contribution in [0.2, 0.25) is 0 Å². The number of hydrogen-bond donors (Lipinski definition) is 2. The first-order valence-electron chi connectivity index (χ1n) is 11.0. The monoisotopic (exact) mass is 397 g/mol. The zero-order valence-electron chi connectivity index (χ0n) is 17.4. The molecule has 6 heteroatoms. The van der Waals surface area contributed by atoms with Crippen LogP contribution in [0.5, 0.6) is 11.5 Å². The number of fused-ring (bicyclic) bond motifs is 2. The van der Waals surface area contributed by atoms with E-state index in [1.807, 2.05) is 6.07 Å². The van der Waals surface area contributed by atoms with E-state index >= 15 is 0 Å². The fourth-order valence-electron chi connectivity index (χ4n) is 4.48. The molecule has 2 N–H and O–H groups in total. The van der Waals surface area contributed by atoms with Gasteiger partial charge in [-0.1, -0.05) is 6.92 Å². The Bertz CT molecular complexity index is 891. The number of hydroxylamine groups is 1. The van der Waals surface area contributed by atoms with Crippen molar-refractivity contribution in [3.8, 4) is 11.5 Å². The molecule has 156 valence electrons. The van der Waals surface area contributed by atoms with Gasteiger partial charge in [-0.25, -0.2) is 5.48 Å². The van der Waals surface area contributed by atoms with E-state index in [1.54, 1.807) is 7.11 Å². The Labute approximate surface area is 172 Å². The van der Waals surface area contributed by atoms with Gasteiger partial charge in [0.15, 0.2) is 11.5 Å². The number of hydrogen-bond acceptors (Lipinski definition) is 6. The van der Waals surface area contributed by atoms with Crippen molar-refractivity contribution in [2.75, 3.05) is 32.1 Å². The van der Waals surface area contributed by atoms with Gasteiger partial charge in [-0.05, 0) is 62.0 Å². The molecule has 2 atom stereocenters. The standard InChI is InChI=1S/C23H31N3O3/c1-14-8-17-19(9-14)26-20-11-22(28-13-16-4-3-7-25-29-16)21(27-2)10-18(20)23(17)24-12-15-5-6-15/h10-11,14-16,25H,3-9,12-13H2,1-2H3,(H,24,26). The first-order valence-corrected chi connectivity index (χ1v) is 11.0. The fraction of sp³-hybridized carbons (Fsp3) is 0.609. The van der Waals surface area contributed by atoms with Crippen molar-refractivity contribution in [1.82, 2.24) is 10.5 Å². The van der Waals surface area contributed by atoms with Crippen LogP contribution in [0.25, 0.3) is 10.9 Å². The minimum absolute atomic E-state index is 0.0637. The maximum atomic E-state index is 6.11. The molecule has 1 saturated heterocycles. The zero-order valence-corrected chi connectivity index (χ0v) is 17.4. The lowest BCUT2D eigenvalue weighted by Gasteiger charge is -2.23. The van der Waals surface area contributed by atoms with Crippen LogP contribution in [-0.4, -0.2) is 37.9 Å². The van der Waals surface area contributed by atoms with E-state index in [0.717, 1.165) is 67.1 Å². The second-order valence-electron chi connectivity index (χ2n) is 8.86. The average Bonchev–Trinajstić information content (AvgIpc) is 3.49. The second-order valence-corrected chi connectivity index (χ2v) is 8.86. The Kier molecular flexibility index (Phi) is 5.22. The molecule has 0 amide bonds. The third-order valence-corrected chi connectivity index (χ3v) is 6.30. The highest BCUT2D eigenvalue weighted by atomic mass is 16.7. The van der Waals surface area contributed by atoms with Crippen molar-refractivity contribution in [1.29, 1.82) is 0 Å². The van der Waals surface area contributed by atoms with Crippen LogP contribution in [-0.2, 0) is 17.7 Å². The predicted molar refractivity (Wildman–Crippen MR) is 114 cm³/mol. The molecule has 29 heavy (non-hydrogen) atoms. The Morgan fingerprint density at radius 1 is 1.21 bits per heavy atom. The van der Waals surface area contributed by atoms with E-state index in [4.69, 9.17) is 19.3 Å². The molecule has 2 fully saturated rings. The molecule has 0 spiro atoms. The van der Waals surface area contributed by atoms with Crippen LogP contribution >= 0.6 is 0 Å². The van der Waals surface area contributed by atoms with Crippen LogP contribution in [0.3, 0.4) is 0 Å². The Balaban J connectivity index is 1.48. The van der Waals surface area contributed by atoms with Crippen LogP contribution in [0.1, 0.15) is 43.9 Å². The Morgan fingerprint density at radius 2 is 2.10 bits per heavy atom. The molecule has 2 unspecified atom stereocenters. The third kappa shape index (κ3) is 4.01. The number of aromatic nitrogens is 1. The van der Waals surface area contributed by atoms with Gasteiger partial charge >= 0.3 is 0 Å². The first kappa shape index (κ1) is 18.9. The van der Waals surface area contributed by atoms with E-state index < -0.39 is 0 Å². The SMILES string of the molecule is COc1cc2c(NCC3CC3)c3c(nc2cc1OCC1CCCNO1)CC(C)C3. The van der Waals surface area contributed by atoms with E-state index in [0.29, 0.717) is 12.5 Å². The van der Waals surface area contributed by atoms with Crippen LogP contribution in [0, 0.1) is 11.8 Å². The average molecular weight is 398 g/mol. The molecular formula is C23H31N3O3. The van der Waals surface area contributed by atoms with Gasteiger partial charge in [0.05, 0.1) is 12.6 Å². The van der Waals surface area contributed by atoms with Gasteiger partial charge in [0.1, 0.15) is 12.7 Å². The number of rotatable bonds is 7. The maximum absolute atomic E-state index is 6.11. The van der Waals surface area contributed by atoms with E-state index in [9.17, 15) is 0 Å². The molecule has 2 aliphatic carbocycles. The summed E-state index contributed by atoms with van der Waals surface area (Å²) in [7, 11) is 1.70. The largest absolute Gasteiger partial charge is 0.493 e. The number of ether oxygens (including phenoxy) is 2. The van der Waals surface area contributed by atoms with Crippen molar-refractivity contribution in [2.45, 2.75) is 51.6 Å². The lowest BCUT2D eigenvalue weighted by molar-refractivity contribution is -0.0730. The van der Waals surface area contributed by atoms with Crippen molar-refractivity contribution in [2.24, 2.45) is 11.8 Å². The number of pyridine rings is 1. The van der Waals surface area contributed by atoms with Gasteiger partial charge in [0, 0.05) is 35.9 Å².